The standard InChI is InChI=1S/C12H16F2N2O2S/c13-11-2-1-10(7-12(11)14)19(17,18)16-8-9-3-5-15-6-4-9/h1-2,7,9,15-16H,3-6,8H2. The van der Waals surface area contributed by atoms with E-state index < -0.39 is 21.7 Å². The highest BCUT2D eigenvalue weighted by molar-refractivity contribution is 7.89. The monoisotopic (exact) mass is 290 g/mol. The van der Waals surface area contributed by atoms with Gasteiger partial charge in [-0.15, -0.1) is 0 Å². The van der Waals surface area contributed by atoms with Crippen LogP contribution in [0.4, 0.5) is 8.78 Å². The van der Waals surface area contributed by atoms with Crippen LogP contribution < -0.4 is 10.0 Å². The summed E-state index contributed by atoms with van der Waals surface area (Å²) in [5.74, 6) is -1.94. The van der Waals surface area contributed by atoms with Crippen molar-refractivity contribution in [2.75, 3.05) is 19.6 Å². The minimum atomic E-state index is -3.78. The lowest BCUT2D eigenvalue weighted by atomic mass is 9.99. The van der Waals surface area contributed by atoms with E-state index in [9.17, 15) is 17.2 Å². The molecule has 0 aromatic heterocycles. The Morgan fingerprint density at radius 3 is 2.53 bits per heavy atom. The summed E-state index contributed by atoms with van der Waals surface area (Å²) in [5.41, 5.74) is 0. The van der Waals surface area contributed by atoms with Crippen molar-refractivity contribution in [1.82, 2.24) is 10.0 Å². The molecule has 4 nitrogen and oxygen atoms in total. The molecule has 1 heterocycles. The fourth-order valence-electron chi connectivity index (χ4n) is 2.04. The summed E-state index contributed by atoms with van der Waals surface area (Å²) in [7, 11) is -3.78. The molecule has 0 spiro atoms. The lowest BCUT2D eigenvalue weighted by molar-refractivity contribution is 0.372. The molecule has 2 N–H and O–H groups in total. The van der Waals surface area contributed by atoms with Crippen LogP contribution in [-0.2, 0) is 10.0 Å². The zero-order valence-corrected chi connectivity index (χ0v) is 11.1. The molecule has 19 heavy (non-hydrogen) atoms. The van der Waals surface area contributed by atoms with Crippen molar-refractivity contribution in [2.24, 2.45) is 5.92 Å². The summed E-state index contributed by atoms with van der Waals surface area (Å²) in [5, 5.41) is 3.19. The number of piperidine rings is 1. The number of benzene rings is 1. The highest BCUT2D eigenvalue weighted by Gasteiger charge is 2.19. The number of halogens is 2. The average Bonchev–Trinajstić information content (AvgIpc) is 2.41. The van der Waals surface area contributed by atoms with Gasteiger partial charge in [-0.05, 0) is 50.0 Å². The van der Waals surface area contributed by atoms with Gasteiger partial charge in [-0.3, -0.25) is 0 Å². The van der Waals surface area contributed by atoms with Crippen molar-refractivity contribution in [3.05, 3.63) is 29.8 Å². The van der Waals surface area contributed by atoms with Crippen molar-refractivity contribution < 1.29 is 17.2 Å². The van der Waals surface area contributed by atoms with Crippen LogP contribution in [0.25, 0.3) is 0 Å². The SMILES string of the molecule is O=S(=O)(NCC1CCNCC1)c1ccc(F)c(F)c1. The maximum atomic E-state index is 13.0. The minimum Gasteiger partial charge on any atom is -0.317 e. The molecule has 7 heteroatoms. The summed E-state index contributed by atoms with van der Waals surface area (Å²) >= 11 is 0. The van der Waals surface area contributed by atoms with E-state index in [1.54, 1.807) is 0 Å². The molecule has 0 unspecified atom stereocenters. The molecule has 1 saturated heterocycles. The molecule has 0 atom stereocenters. The Kier molecular flexibility index (Phi) is 4.49. The number of rotatable bonds is 4. The summed E-state index contributed by atoms with van der Waals surface area (Å²) < 4.78 is 52.1. The third-order valence-electron chi connectivity index (χ3n) is 3.22. The first-order chi connectivity index (χ1) is 8.99. The van der Waals surface area contributed by atoms with E-state index in [0.717, 1.165) is 38.1 Å². The summed E-state index contributed by atoms with van der Waals surface area (Å²) in [6, 6.07) is 2.57. The Morgan fingerprint density at radius 1 is 1.21 bits per heavy atom. The van der Waals surface area contributed by atoms with Gasteiger partial charge in [0, 0.05) is 6.54 Å². The van der Waals surface area contributed by atoms with Crippen LogP contribution in [0.15, 0.2) is 23.1 Å². The van der Waals surface area contributed by atoms with E-state index in [1.807, 2.05) is 0 Å². The third kappa shape index (κ3) is 3.71. The van der Waals surface area contributed by atoms with E-state index in [-0.39, 0.29) is 10.8 Å². The molecule has 1 fully saturated rings. The Bertz CT molecular complexity index is 543. The maximum absolute atomic E-state index is 13.0. The van der Waals surface area contributed by atoms with E-state index >= 15 is 0 Å². The van der Waals surface area contributed by atoms with Crippen LogP contribution in [0.1, 0.15) is 12.8 Å². The number of nitrogens with one attached hydrogen (secondary N) is 2. The molecule has 2 rings (SSSR count). The van der Waals surface area contributed by atoms with E-state index in [4.69, 9.17) is 0 Å². The number of hydrogen-bond donors (Lipinski definition) is 2. The summed E-state index contributed by atoms with van der Waals surface area (Å²) in [6.45, 7) is 2.07. The highest BCUT2D eigenvalue weighted by Crippen LogP contribution is 2.15. The van der Waals surface area contributed by atoms with E-state index in [1.165, 1.54) is 0 Å². The van der Waals surface area contributed by atoms with Gasteiger partial charge < -0.3 is 5.32 Å². The molecule has 0 bridgehead atoms. The molecule has 0 radical (unpaired) electrons. The largest absolute Gasteiger partial charge is 0.317 e. The highest BCUT2D eigenvalue weighted by atomic mass is 32.2. The smallest absolute Gasteiger partial charge is 0.240 e. The second-order valence-corrected chi connectivity index (χ2v) is 6.39. The van der Waals surface area contributed by atoms with Crippen molar-refractivity contribution in [1.29, 1.82) is 0 Å². The van der Waals surface area contributed by atoms with Crippen molar-refractivity contribution in [3.8, 4) is 0 Å². The molecule has 0 saturated carbocycles. The van der Waals surface area contributed by atoms with E-state index in [0.29, 0.717) is 12.6 Å². The fourth-order valence-corrected chi connectivity index (χ4v) is 3.17. The van der Waals surface area contributed by atoms with Crippen LogP contribution in [0, 0.1) is 17.6 Å². The van der Waals surface area contributed by atoms with Gasteiger partial charge in [0.1, 0.15) is 0 Å². The molecular weight excluding hydrogens is 274 g/mol. The third-order valence-corrected chi connectivity index (χ3v) is 4.64. The first-order valence-electron chi connectivity index (χ1n) is 6.14. The normalized spacial score (nSPS) is 17.6. The second kappa shape index (κ2) is 5.94. The van der Waals surface area contributed by atoms with Crippen molar-refractivity contribution >= 4 is 10.0 Å². The van der Waals surface area contributed by atoms with Gasteiger partial charge in [-0.2, -0.15) is 0 Å². The zero-order valence-electron chi connectivity index (χ0n) is 10.3. The lowest BCUT2D eigenvalue weighted by Crippen LogP contribution is -2.36. The van der Waals surface area contributed by atoms with Crippen LogP contribution in [0.5, 0.6) is 0 Å². The maximum Gasteiger partial charge on any atom is 0.240 e. The molecule has 1 aliphatic rings. The van der Waals surface area contributed by atoms with Crippen molar-refractivity contribution in [3.63, 3.8) is 0 Å². The molecule has 1 aromatic carbocycles. The van der Waals surface area contributed by atoms with Crippen LogP contribution in [0.3, 0.4) is 0 Å². The summed E-state index contributed by atoms with van der Waals surface area (Å²) in [6.07, 6.45) is 1.81. The van der Waals surface area contributed by atoms with Gasteiger partial charge in [0.15, 0.2) is 11.6 Å². The molecule has 0 amide bonds. The number of sulfonamides is 1. The van der Waals surface area contributed by atoms with Crippen LogP contribution in [0.2, 0.25) is 0 Å². The first-order valence-corrected chi connectivity index (χ1v) is 7.63. The fraction of sp³-hybridized carbons (Fsp3) is 0.500. The Hall–Kier alpha value is -1.05. The lowest BCUT2D eigenvalue weighted by Gasteiger charge is -2.22. The van der Waals surface area contributed by atoms with Gasteiger partial charge in [0.2, 0.25) is 10.0 Å². The van der Waals surface area contributed by atoms with Crippen LogP contribution in [-0.4, -0.2) is 28.1 Å². The van der Waals surface area contributed by atoms with E-state index in [2.05, 4.69) is 10.0 Å². The first kappa shape index (κ1) is 14.4. The number of hydrogen-bond acceptors (Lipinski definition) is 3. The Labute approximate surface area is 111 Å². The average molecular weight is 290 g/mol. The predicted molar refractivity (Wildman–Crippen MR) is 67.1 cm³/mol. The molecular formula is C12H16F2N2O2S. The molecule has 1 aromatic rings. The van der Waals surface area contributed by atoms with Gasteiger partial charge in [-0.1, -0.05) is 0 Å². The Balaban J connectivity index is 2.02. The molecule has 106 valence electrons. The van der Waals surface area contributed by atoms with Crippen molar-refractivity contribution in [2.45, 2.75) is 17.7 Å². The minimum absolute atomic E-state index is 0.250. The van der Waals surface area contributed by atoms with Crippen LogP contribution >= 0.6 is 0 Å². The molecule has 0 aliphatic carbocycles. The Morgan fingerprint density at radius 2 is 1.89 bits per heavy atom. The van der Waals surface area contributed by atoms with Gasteiger partial charge in [-0.25, -0.2) is 21.9 Å². The summed E-state index contributed by atoms with van der Waals surface area (Å²) in [4.78, 5) is -0.250. The van der Waals surface area contributed by atoms with Gasteiger partial charge in [0.25, 0.3) is 0 Å². The second-order valence-electron chi connectivity index (χ2n) is 4.62. The molecule has 1 aliphatic heterocycles. The van der Waals surface area contributed by atoms with Gasteiger partial charge >= 0.3 is 0 Å². The quantitative estimate of drug-likeness (QED) is 0.877. The topological polar surface area (TPSA) is 58.2 Å². The zero-order chi connectivity index (χ0) is 13.9. The van der Waals surface area contributed by atoms with Gasteiger partial charge in [0.05, 0.1) is 4.90 Å². The predicted octanol–water partition coefficient (Wildman–Crippen LogP) is 1.24.